The number of ketones is 1. The Balaban J connectivity index is 3.19. The van der Waals surface area contributed by atoms with E-state index in [0.29, 0.717) is 19.3 Å². The third-order valence-corrected chi connectivity index (χ3v) is 2.91. The Hall–Kier alpha value is -0.860. The minimum Gasteiger partial charge on any atom is -0.481 e. The molecule has 0 radical (unpaired) electrons. The van der Waals surface area contributed by atoms with Crippen LogP contribution in [0.1, 0.15) is 77.6 Å². The second-order valence-corrected chi connectivity index (χ2v) is 4.66. The number of hydrogen-bond acceptors (Lipinski definition) is 2. The van der Waals surface area contributed by atoms with Crippen molar-refractivity contribution in [2.45, 2.75) is 77.6 Å². The summed E-state index contributed by atoms with van der Waals surface area (Å²) in [6.07, 6.45) is 10.2. The van der Waals surface area contributed by atoms with Crippen molar-refractivity contribution in [2.24, 2.45) is 0 Å². The standard InChI is InChI=1S/C14H26O3/c1-2-3-4-5-6-7-8-10-13(15)11-9-12-14(16)17/h2-12H2,1H3,(H,16,17). The molecule has 0 unspecified atom stereocenters. The number of carbonyl (C=O) groups is 2. The first kappa shape index (κ1) is 16.1. The molecule has 0 aromatic rings. The van der Waals surface area contributed by atoms with Gasteiger partial charge < -0.3 is 5.11 Å². The lowest BCUT2D eigenvalue weighted by atomic mass is 10.0. The van der Waals surface area contributed by atoms with Gasteiger partial charge in [0.15, 0.2) is 0 Å². The van der Waals surface area contributed by atoms with E-state index >= 15 is 0 Å². The predicted molar refractivity (Wildman–Crippen MR) is 69.1 cm³/mol. The minimum atomic E-state index is -0.811. The van der Waals surface area contributed by atoms with Gasteiger partial charge in [-0.2, -0.15) is 0 Å². The molecule has 1 N–H and O–H groups in total. The van der Waals surface area contributed by atoms with Crippen molar-refractivity contribution >= 4 is 11.8 Å². The fourth-order valence-electron chi connectivity index (χ4n) is 1.84. The quantitative estimate of drug-likeness (QED) is 0.527. The lowest BCUT2D eigenvalue weighted by Gasteiger charge is -2.01. The van der Waals surface area contributed by atoms with Crippen LogP contribution in [0.4, 0.5) is 0 Å². The van der Waals surface area contributed by atoms with E-state index in [1.165, 1.54) is 32.1 Å². The van der Waals surface area contributed by atoms with E-state index in [0.717, 1.165) is 12.8 Å². The highest BCUT2D eigenvalue weighted by Gasteiger charge is 2.03. The van der Waals surface area contributed by atoms with Gasteiger partial charge in [-0.1, -0.05) is 45.4 Å². The van der Waals surface area contributed by atoms with Crippen molar-refractivity contribution in [2.75, 3.05) is 0 Å². The van der Waals surface area contributed by atoms with Gasteiger partial charge >= 0.3 is 5.97 Å². The first-order chi connectivity index (χ1) is 8.16. The smallest absolute Gasteiger partial charge is 0.303 e. The van der Waals surface area contributed by atoms with Crippen LogP contribution in [0.3, 0.4) is 0 Å². The summed E-state index contributed by atoms with van der Waals surface area (Å²) in [5.74, 6) is -0.589. The fourth-order valence-corrected chi connectivity index (χ4v) is 1.84. The third-order valence-electron chi connectivity index (χ3n) is 2.91. The van der Waals surface area contributed by atoms with E-state index in [4.69, 9.17) is 5.11 Å². The van der Waals surface area contributed by atoms with Crippen LogP contribution in [-0.4, -0.2) is 16.9 Å². The average molecular weight is 242 g/mol. The molecule has 0 aromatic heterocycles. The van der Waals surface area contributed by atoms with Gasteiger partial charge in [0, 0.05) is 19.3 Å². The van der Waals surface area contributed by atoms with E-state index in [1.807, 2.05) is 0 Å². The van der Waals surface area contributed by atoms with E-state index in [2.05, 4.69) is 6.92 Å². The zero-order valence-electron chi connectivity index (χ0n) is 11.0. The lowest BCUT2D eigenvalue weighted by molar-refractivity contribution is -0.137. The van der Waals surface area contributed by atoms with Crippen LogP contribution in [0.15, 0.2) is 0 Å². The van der Waals surface area contributed by atoms with Crippen molar-refractivity contribution in [3.8, 4) is 0 Å². The van der Waals surface area contributed by atoms with Crippen molar-refractivity contribution < 1.29 is 14.7 Å². The van der Waals surface area contributed by atoms with Gasteiger partial charge in [-0.05, 0) is 12.8 Å². The van der Waals surface area contributed by atoms with Crippen LogP contribution in [0.5, 0.6) is 0 Å². The monoisotopic (exact) mass is 242 g/mol. The first-order valence-electron chi connectivity index (χ1n) is 6.90. The number of rotatable bonds is 12. The maximum Gasteiger partial charge on any atom is 0.303 e. The van der Waals surface area contributed by atoms with Gasteiger partial charge in [0.2, 0.25) is 0 Å². The Morgan fingerprint density at radius 1 is 0.765 bits per heavy atom. The predicted octanol–water partition coefficient (Wildman–Crippen LogP) is 3.95. The summed E-state index contributed by atoms with van der Waals surface area (Å²) in [6, 6.07) is 0. The van der Waals surface area contributed by atoms with Gasteiger partial charge in [-0.15, -0.1) is 0 Å². The summed E-state index contributed by atoms with van der Waals surface area (Å²) in [5.41, 5.74) is 0. The van der Waals surface area contributed by atoms with E-state index in [1.54, 1.807) is 0 Å². The summed E-state index contributed by atoms with van der Waals surface area (Å²) in [7, 11) is 0. The largest absolute Gasteiger partial charge is 0.481 e. The fraction of sp³-hybridized carbons (Fsp3) is 0.857. The highest BCUT2D eigenvalue weighted by atomic mass is 16.4. The number of carbonyl (C=O) groups excluding carboxylic acids is 1. The van der Waals surface area contributed by atoms with E-state index < -0.39 is 5.97 Å². The highest BCUT2D eigenvalue weighted by Crippen LogP contribution is 2.10. The minimum absolute atomic E-state index is 0.114. The van der Waals surface area contributed by atoms with E-state index in [-0.39, 0.29) is 12.2 Å². The normalized spacial score (nSPS) is 10.4. The molecule has 3 nitrogen and oxygen atoms in total. The Morgan fingerprint density at radius 2 is 1.29 bits per heavy atom. The Kier molecular flexibility index (Phi) is 11.0. The molecule has 0 fully saturated rings. The molecule has 100 valence electrons. The van der Waals surface area contributed by atoms with Crippen molar-refractivity contribution in [3.05, 3.63) is 0 Å². The number of unbranched alkanes of at least 4 members (excludes halogenated alkanes) is 6. The molecule has 0 atom stereocenters. The number of carboxylic acid groups (broad SMARTS) is 1. The third kappa shape index (κ3) is 13.1. The number of Topliss-reactive ketones (excluding diaryl/α,β-unsaturated/α-hetero) is 1. The summed E-state index contributed by atoms with van der Waals surface area (Å²) < 4.78 is 0. The van der Waals surface area contributed by atoms with Gasteiger partial charge in [0.1, 0.15) is 5.78 Å². The zero-order chi connectivity index (χ0) is 12.9. The molecule has 0 aliphatic rings. The molecule has 0 aromatic carbocycles. The summed E-state index contributed by atoms with van der Waals surface area (Å²) in [6.45, 7) is 2.20. The Labute approximate surface area is 105 Å². The SMILES string of the molecule is CCCCCCCCCC(=O)CCCC(=O)O. The molecule has 0 heterocycles. The molecule has 0 aliphatic heterocycles. The zero-order valence-corrected chi connectivity index (χ0v) is 11.0. The molecule has 3 heteroatoms. The first-order valence-corrected chi connectivity index (χ1v) is 6.90. The molecule has 0 aliphatic carbocycles. The molecule has 0 rings (SSSR count). The van der Waals surface area contributed by atoms with Gasteiger partial charge in [-0.3, -0.25) is 9.59 Å². The van der Waals surface area contributed by atoms with Crippen LogP contribution in [0, 0.1) is 0 Å². The lowest BCUT2D eigenvalue weighted by Crippen LogP contribution is -2.00. The van der Waals surface area contributed by atoms with Crippen molar-refractivity contribution in [1.82, 2.24) is 0 Å². The highest BCUT2D eigenvalue weighted by molar-refractivity contribution is 5.78. The number of aliphatic carboxylic acids is 1. The second kappa shape index (κ2) is 11.6. The summed E-state index contributed by atoms with van der Waals surface area (Å²) in [5, 5.41) is 8.43. The summed E-state index contributed by atoms with van der Waals surface area (Å²) >= 11 is 0. The molecule has 0 saturated heterocycles. The number of carboxylic acids is 1. The summed E-state index contributed by atoms with van der Waals surface area (Å²) in [4.78, 5) is 21.6. The van der Waals surface area contributed by atoms with Crippen LogP contribution in [0.2, 0.25) is 0 Å². The maximum absolute atomic E-state index is 11.4. The van der Waals surface area contributed by atoms with Crippen LogP contribution >= 0.6 is 0 Å². The van der Waals surface area contributed by atoms with E-state index in [9.17, 15) is 9.59 Å². The van der Waals surface area contributed by atoms with Gasteiger partial charge in [0.05, 0.1) is 0 Å². The van der Waals surface area contributed by atoms with Crippen LogP contribution < -0.4 is 0 Å². The van der Waals surface area contributed by atoms with Crippen LogP contribution in [-0.2, 0) is 9.59 Å². The maximum atomic E-state index is 11.4. The van der Waals surface area contributed by atoms with Gasteiger partial charge in [-0.25, -0.2) is 0 Å². The topological polar surface area (TPSA) is 54.4 Å². The Morgan fingerprint density at radius 3 is 1.88 bits per heavy atom. The van der Waals surface area contributed by atoms with Crippen molar-refractivity contribution in [3.63, 3.8) is 0 Å². The molecular weight excluding hydrogens is 216 g/mol. The molecule has 17 heavy (non-hydrogen) atoms. The molecular formula is C14H26O3. The molecule has 0 saturated carbocycles. The molecule has 0 spiro atoms. The molecule has 0 amide bonds. The second-order valence-electron chi connectivity index (χ2n) is 4.66. The van der Waals surface area contributed by atoms with Crippen molar-refractivity contribution in [1.29, 1.82) is 0 Å². The Bertz CT molecular complexity index is 212. The number of hydrogen-bond donors (Lipinski definition) is 1. The average Bonchev–Trinajstić information content (AvgIpc) is 2.27. The van der Waals surface area contributed by atoms with Crippen LogP contribution in [0.25, 0.3) is 0 Å². The molecule has 0 bridgehead atoms. The van der Waals surface area contributed by atoms with Gasteiger partial charge in [0.25, 0.3) is 0 Å².